The average Bonchev–Trinajstić information content (AvgIpc) is 1.49. The normalized spacial score (nSPS) is 12.2. The van der Waals surface area contributed by atoms with Crippen LogP contribution in [0.3, 0.4) is 0 Å². The SMILES string of the molecule is Cc1cc(CS(=O)(=O)c2ccc(C(C)(C)C)c(F)c2)n(-c2ccc(C#N)c3ncccc23)n1.Cc1cc(CS(=O)(=O)c2ccc(C(C)(C)C)cc2)n(-c2ccc(C#N)c3ncccc23)n1.Cc1cc(CS(=O)(=O)c2ccc(C(C)(C)C)cc2)n(-c2ccc(N)c3ncccc23)n1. The molecule has 0 radical (unpaired) electrons. The minimum Gasteiger partial charge on any atom is -0.397 e. The van der Waals surface area contributed by atoms with Gasteiger partial charge < -0.3 is 5.73 Å². The second-order valence-electron chi connectivity index (χ2n) is 26.6. The number of nitrogen functional groups attached to an aromatic ring is 1. The number of aromatic nitrogens is 9. The molecule has 6 heterocycles. The molecule has 0 amide bonds. The molecule has 0 atom stereocenters. The molecule has 22 heteroatoms. The van der Waals surface area contributed by atoms with Gasteiger partial charge in [-0.25, -0.2) is 43.7 Å². The smallest absolute Gasteiger partial charge is 0.184 e. The van der Waals surface area contributed by atoms with Gasteiger partial charge in [0.05, 0.1) is 117 Å². The number of hydrogen-bond donors (Lipinski definition) is 1. The fraction of sp³-hybridized carbons (Fsp3) is 0.243. The van der Waals surface area contributed by atoms with Gasteiger partial charge in [-0.05, 0) is 181 Å². The van der Waals surface area contributed by atoms with Crippen molar-refractivity contribution < 1.29 is 29.6 Å². The number of fused-ring (bicyclic) bond motifs is 3. The van der Waals surface area contributed by atoms with E-state index in [4.69, 9.17) is 5.73 Å². The molecule has 0 spiro atoms. The highest BCUT2D eigenvalue weighted by atomic mass is 32.2. The van der Waals surface area contributed by atoms with Gasteiger partial charge >= 0.3 is 0 Å². The summed E-state index contributed by atoms with van der Waals surface area (Å²) in [6.45, 7) is 23.6. The molecular formula is C74H73FN12O6S3. The fourth-order valence-electron chi connectivity index (χ4n) is 11.3. The van der Waals surface area contributed by atoms with E-state index in [-0.39, 0.29) is 37.9 Å². The first-order valence-electron chi connectivity index (χ1n) is 30.7. The maximum absolute atomic E-state index is 14.7. The number of hydrogen-bond acceptors (Lipinski definition) is 15. The van der Waals surface area contributed by atoms with Gasteiger partial charge in [-0.3, -0.25) is 15.0 Å². The number of nitriles is 2. The first-order chi connectivity index (χ1) is 45.2. The monoisotopic (exact) mass is 1340 g/mol. The van der Waals surface area contributed by atoms with Crippen LogP contribution >= 0.6 is 0 Å². The van der Waals surface area contributed by atoms with Crippen molar-refractivity contribution in [3.63, 3.8) is 0 Å². The van der Waals surface area contributed by atoms with Gasteiger partial charge in [0.25, 0.3) is 0 Å². The van der Waals surface area contributed by atoms with E-state index in [0.29, 0.717) is 89.1 Å². The molecule has 0 saturated carbocycles. The van der Waals surface area contributed by atoms with Crippen LogP contribution in [0.25, 0.3) is 49.8 Å². The zero-order valence-electron chi connectivity index (χ0n) is 55.4. The number of aryl methyl sites for hydroxylation is 3. The van der Waals surface area contributed by atoms with Crippen molar-refractivity contribution in [2.75, 3.05) is 5.73 Å². The lowest BCUT2D eigenvalue weighted by atomic mass is 9.87. The number of benzene rings is 6. The van der Waals surface area contributed by atoms with Crippen molar-refractivity contribution in [3.05, 3.63) is 244 Å². The van der Waals surface area contributed by atoms with E-state index in [9.17, 15) is 40.2 Å². The van der Waals surface area contributed by atoms with E-state index in [0.717, 1.165) is 39.3 Å². The summed E-state index contributed by atoms with van der Waals surface area (Å²) < 4.78 is 98.8. The predicted molar refractivity (Wildman–Crippen MR) is 373 cm³/mol. The highest BCUT2D eigenvalue weighted by Crippen LogP contribution is 2.34. The van der Waals surface area contributed by atoms with E-state index in [1.807, 2.05) is 89.2 Å². The van der Waals surface area contributed by atoms with Crippen molar-refractivity contribution in [1.82, 2.24) is 44.3 Å². The number of rotatable bonds is 12. The topological polar surface area (TPSA) is 268 Å². The van der Waals surface area contributed by atoms with Crippen molar-refractivity contribution >= 4 is 67.9 Å². The second kappa shape index (κ2) is 26.5. The molecule has 6 aromatic carbocycles. The molecule has 12 aromatic rings. The molecule has 0 aliphatic rings. The second-order valence-corrected chi connectivity index (χ2v) is 32.6. The van der Waals surface area contributed by atoms with Crippen LogP contribution in [0.5, 0.6) is 0 Å². The van der Waals surface area contributed by atoms with Gasteiger partial charge in [-0.2, -0.15) is 25.8 Å². The Kier molecular flexibility index (Phi) is 18.9. The van der Waals surface area contributed by atoms with Gasteiger partial charge in [0.15, 0.2) is 29.5 Å². The Morgan fingerprint density at radius 2 is 0.760 bits per heavy atom. The van der Waals surface area contributed by atoms with Crippen LogP contribution in [0, 0.1) is 49.3 Å². The number of anilines is 1. The molecule has 490 valence electrons. The number of nitrogens with two attached hydrogens (primary N) is 1. The van der Waals surface area contributed by atoms with Gasteiger partial charge in [-0.1, -0.05) is 92.6 Å². The lowest BCUT2D eigenvalue weighted by Crippen LogP contribution is -2.15. The summed E-state index contributed by atoms with van der Waals surface area (Å²) in [7, 11) is -11.0. The van der Waals surface area contributed by atoms with Gasteiger partial charge in [0.2, 0.25) is 0 Å². The first kappa shape index (κ1) is 68.6. The van der Waals surface area contributed by atoms with Crippen molar-refractivity contribution in [3.8, 4) is 29.2 Å². The van der Waals surface area contributed by atoms with E-state index in [1.165, 1.54) is 12.1 Å². The van der Waals surface area contributed by atoms with Gasteiger partial charge in [0.1, 0.15) is 18.0 Å². The number of halogens is 1. The highest BCUT2D eigenvalue weighted by Gasteiger charge is 2.28. The number of sulfone groups is 3. The summed E-state index contributed by atoms with van der Waals surface area (Å²) in [6.07, 6.45) is 4.92. The third-order valence-corrected chi connectivity index (χ3v) is 21.2. The van der Waals surface area contributed by atoms with E-state index in [1.54, 1.807) is 124 Å². The Bertz CT molecular complexity index is 5420. The quantitative estimate of drug-likeness (QED) is 0.111. The number of nitrogens with zero attached hydrogens (tertiary/aromatic N) is 11. The molecule has 0 saturated heterocycles. The van der Waals surface area contributed by atoms with Gasteiger partial charge in [0, 0.05) is 34.7 Å². The molecule has 2 N–H and O–H groups in total. The van der Waals surface area contributed by atoms with Gasteiger partial charge in [-0.15, -0.1) is 0 Å². The Labute approximate surface area is 559 Å². The van der Waals surface area contributed by atoms with Crippen LogP contribution in [-0.4, -0.2) is 69.5 Å². The summed E-state index contributed by atoms with van der Waals surface area (Å²) in [4.78, 5) is 13.5. The Morgan fingerprint density at radius 3 is 1.10 bits per heavy atom. The van der Waals surface area contributed by atoms with Crippen LogP contribution in [0.1, 0.15) is 124 Å². The average molecular weight is 1340 g/mol. The Hall–Kier alpha value is -10.3. The third-order valence-electron chi connectivity index (χ3n) is 16.2. The van der Waals surface area contributed by atoms with Crippen LogP contribution in [0.2, 0.25) is 0 Å². The maximum atomic E-state index is 14.7. The zero-order chi connectivity index (χ0) is 69.5. The summed E-state index contributed by atoms with van der Waals surface area (Å²) in [6, 6.07) is 49.3. The molecule has 0 fully saturated rings. The Balaban J connectivity index is 0.000000157. The molecule has 6 aromatic heterocycles. The van der Waals surface area contributed by atoms with Crippen molar-refractivity contribution in [2.24, 2.45) is 0 Å². The summed E-state index contributed by atoms with van der Waals surface area (Å²) in [5, 5.41) is 34.7. The minimum atomic E-state index is -3.85. The molecule has 0 bridgehead atoms. The lowest BCUT2D eigenvalue weighted by molar-refractivity contribution is 0.519. The molecule has 0 unspecified atom stereocenters. The minimum absolute atomic E-state index is 0.0394. The maximum Gasteiger partial charge on any atom is 0.184 e. The van der Waals surface area contributed by atoms with Crippen molar-refractivity contribution in [1.29, 1.82) is 10.5 Å². The molecule has 12 rings (SSSR count). The fourth-order valence-corrected chi connectivity index (χ4v) is 15.2. The number of pyridine rings is 3. The highest BCUT2D eigenvalue weighted by molar-refractivity contribution is 7.91. The van der Waals surface area contributed by atoms with Crippen molar-refractivity contribution in [2.45, 2.75) is 131 Å². The summed E-state index contributed by atoms with van der Waals surface area (Å²) in [5.74, 6) is -1.25. The zero-order valence-corrected chi connectivity index (χ0v) is 57.9. The molecule has 96 heavy (non-hydrogen) atoms. The summed E-state index contributed by atoms with van der Waals surface area (Å²) >= 11 is 0. The molecule has 18 nitrogen and oxygen atoms in total. The standard InChI is InChI=1S/C25H23FN4O2S.C25H24N4O2S.C24H26N4O2S/c1-16-12-18(15-33(31,32)19-8-9-21(22(26)13-19)25(2,3)4)30(29-16)23-10-7-17(14-27)24-20(23)6-5-11-28-24;1-17-14-20(16-32(30,31)21-10-8-19(9-11-21)25(2,3)4)29(28-17)23-12-7-18(15-26)24-22(23)6-5-13-27-24;1-16-14-18(15-31(29,30)19-9-7-17(8-10-19)24(2,3)4)28(27-16)22-12-11-21(25)23-20(22)6-5-13-26-23/h5-13H,15H2,1-4H3;5-14H,16H2,1-4H3;5-14H,15,25H2,1-4H3. The molecule has 0 aliphatic carbocycles. The van der Waals surface area contributed by atoms with Crippen LogP contribution in [0.15, 0.2) is 191 Å². The Morgan fingerprint density at radius 1 is 0.427 bits per heavy atom. The van der Waals surface area contributed by atoms with E-state index in [2.05, 4.69) is 83.9 Å². The predicted octanol–water partition coefficient (Wildman–Crippen LogP) is 14.5. The lowest BCUT2D eigenvalue weighted by Gasteiger charge is -2.20. The van der Waals surface area contributed by atoms with Crippen LogP contribution in [-0.2, 0) is 63.0 Å². The van der Waals surface area contributed by atoms with E-state index >= 15 is 0 Å². The largest absolute Gasteiger partial charge is 0.397 e. The van der Waals surface area contributed by atoms with Crippen LogP contribution in [0.4, 0.5) is 10.1 Å². The summed E-state index contributed by atoms with van der Waals surface area (Å²) in [5.41, 5.74) is 17.1. The third kappa shape index (κ3) is 14.7. The van der Waals surface area contributed by atoms with E-state index < -0.39 is 40.7 Å². The first-order valence-corrected chi connectivity index (χ1v) is 35.7. The van der Waals surface area contributed by atoms with Crippen LogP contribution < -0.4 is 5.73 Å². The molecule has 0 aliphatic heterocycles. The molecular weight excluding hydrogens is 1270 g/mol.